The van der Waals surface area contributed by atoms with Crippen molar-refractivity contribution in [3.8, 4) is 0 Å². The molecule has 9 nitrogen and oxygen atoms in total. The van der Waals surface area contributed by atoms with E-state index in [1.165, 1.54) is 30.4 Å². The van der Waals surface area contributed by atoms with Gasteiger partial charge in [-0.1, -0.05) is 18.6 Å². The minimum Gasteiger partial charge on any atom is -0.452 e. The molecule has 1 heterocycles. The number of hydrogen-bond donors (Lipinski definition) is 2. The van der Waals surface area contributed by atoms with Crippen LogP contribution in [0.1, 0.15) is 31.7 Å². The Kier molecular flexibility index (Phi) is 7.53. The maximum Gasteiger partial charge on any atom is 0.321 e. The van der Waals surface area contributed by atoms with Crippen molar-refractivity contribution in [1.82, 2.24) is 14.9 Å². The highest BCUT2D eigenvalue weighted by Gasteiger charge is 2.26. The molecule has 2 N–H and O–H groups in total. The number of imide groups is 1. The third-order valence-corrected chi connectivity index (χ3v) is 6.28. The Morgan fingerprint density at radius 1 is 1.11 bits per heavy atom. The molecule has 2 rings (SSSR count). The fourth-order valence-electron chi connectivity index (χ4n) is 2.77. The number of nitrogens with zero attached hydrogens (tertiary/aromatic N) is 1. The molecule has 1 aromatic rings. The molecule has 0 radical (unpaired) electrons. The van der Waals surface area contributed by atoms with Gasteiger partial charge >= 0.3 is 12.0 Å². The zero-order valence-electron chi connectivity index (χ0n) is 15.9. The van der Waals surface area contributed by atoms with Crippen molar-refractivity contribution in [3.05, 3.63) is 29.8 Å². The van der Waals surface area contributed by atoms with E-state index in [9.17, 15) is 22.8 Å². The fourth-order valence-corrected chi connectivity index (χ4v) is 4.29. The second-order valence-electron chi connectivity index (χ2n) is 6.49. The first-order chi connectivity index (χ1) is 13.2. The summed E-state index contributed by atoms with van der Waals surface area (Å²) in [5.74, 6) is -1.40. The Morgan fingerprint density at radius 3 is 2.29 bits per heavy atom. The van der Waals surface area contributed by atoms with E-state index in [2.05, 4.69) is 5.32 Å². The molecule has 0 aromatic heterocycles. The maximum absolute atomic E-state index is 12.6. The standard InChI is InChI=1S/C18H25N3O6S/c1-13(17(23)20-18(24)19-2)27-16(22)12-14-6-8-15(9-7-14)28(25,26)21-10-4-3-5-11-21/h6-9,13H,3-5,10-12H2,1-2H3,(H2,19,20,23,24)/t13-/m0/s1. The number of amides is 3. The number of piperidine rings is 1. The molecule has 1 aromatic carbocycles. The second-order valence-corrected chi connectivity index (χ2v) is 8.42. The summed E-state index contributed by atoms with van der Waals surface area (Å²) in [5.41, 5.74) is 0.557. The zero-order chi connectivity index (χ0) is 20.7. The van der Waals surface area contributed by atoms with Gasteiger partial charge in [-0.05, 0) is 37.5 Å². The number of ether oxygens (including phenoxy) is 1. The van der Waals surface area contributed by atoms with Gasteiger partial charge in [-0.3, -0.25) is 14.9 Å². The van der Waals surface area contributed by atoms with E-state index < -0.39 is 34.0 Å². The topological polar surface area (TPSA) is 122 Å². The van der Waals surface area contributed by atoms with Gasteiger partial charge < -0.3 is 10.1 Å². The molecular weight excluding hydrogens is 386 g/mol. The minimum atomic E-state index is -3.53. The van der Waals surface area contributed by atoms with Crippen molar-refractivity contribution in [2.45, 2.75) is 43.6 Å². The second kappa shape index (κ2) is 9.65. The number of hydrogen-bond acceptors (Lipinski definition) is 6. The molecule has 0 spiro atoms. The summed E-state index contributed by atoms with van der Waals surface area (Å²) in [6.07, 6.45) is 1.49. The SMILES string of the molecule is CNC(=O)NC(=O)[C@H](C)OC(=O)Cc1ccc(S(=O)(=O)N2CCCCC2)cc1. The number of carbonyl (C=O) groups is 3. The molecule has 1 aliphatic rings. The van der Waals surface area contributed by atoms with Gasteiger partial charge in [-0.15, -0.1) is 0 Å². The molecule has 1 atom stereocenters. The Hall–Kier alpha value is -2.46. The lowest BCUT2D eigenvalue weighted by atomic mass is 10.1. The zero-order valence-corrected chi connectivity index (χ0v) is 16.8. The van der Waals surface area contributed by atoms with E-state index in [-0.39, 0.29) is 11.3 Å². The van der Waals surface area contributed by atoms with E-state index in [4.69, 9.17) is 4.74 Å². The van der Waals surface area contributed by atoms with Crippen LogP contribution in [0.2, 0.25) is 0 Å². The van der Waals surface area contributed by atoms with E-state index in [1.807, 2.05) is 5.32 Å². The molecule has 1 saturated heterocycles. The summed E-state index contributed by atoms with van der Waals surface area (Å²) in [6, 6.07) is 5.34. The van der Waals surface area contributed by atoms with Gasteiger partial charge in [0.15, 0.2) is 6.10 Å². The Balaban J connectivity index is 1.93. The van der Waals surface area contributed by atoms with E-state index in [1.54, 1.807) is 12.1 Å². The average molecular weight is 411 g/mol. The lowest BCUT2D eigenvalue weighted by Crippen LogP contribution is -2.43. The monoisotopic (exact) mass is 411 g/mol. The Labute approximate surface area is 164 Å². The van der Waals surface area contributed by atoms with Gasteiger partial charge in [0.1, 0.15) is 0 Å². The molecule has 10 heteroatoms. The maximum atomic E-state index is 12.6. The lowest BCUT2D eigenvalue weighted by molar-refractivity contribution is -0.153. The van der Waals surface area contributed by atoms with E-state index in [0.717, 1.165) is 19.3 Å². The number of carbonyl (C=O) groups excluding carboxylic acids is 3. The average Bonchev–Trinajstić information content (AvgIpc) is 2.68. The molecule has 28 heavy (non-hydrogen) atoms. The summed E-state index contributed by atoms with van der Waals surface area (Å²) in [4.78, 5) is 34.9. The first-order valence-electron chi connectivity index (χ1n) is 9.05. The molecule has 0 unspecified atom stereocenters. The fraction of sp³-hybridized carbons (Fsp3) is 0.500. The van der Waals surface area contributed by atoms with Crippen LogP contribution in [0.15, 0.2) is 29.2 Å². The van der Waals surface area contributed by atoms with Crippen LogP contribution >= 0.6 is 0 Å². The molecule has 1 aliphatic heterocycles. The largest absolute Gasteiger partial charge is 0.452 e. The van der Waals surface area contributed by atoms with Crippen molar-refractivity contribution in [3.63, 3.8) is 0 Å². The predicted octanol–water partition coefficient (Wildman–Crippen LogP) is 0.791. The van der Waals surface area contributed by atoms with Crippen LogP contribution in [0.4, 0.5) is 4.79 Å². The van der Waals surface area contributed by atoms with Crippen LogP contribution in [0.25, 0.3) is 0 Å². The van der Waals surface area contributed by atoms with Gasteiger partial charge in [-0.25, -0.2) is 13.2 Å². The molecule has 3 amide bonds. The van der Waals surface area contributed by atoms with E-state index >= 15 is 0 Å². The number of benzene rings is 1. The van der Waals surface area contributed by atoms with Gasteiger partial charge in [-0.2, -0.15) is 4.31 Å². The molecule has 0 bridgehead atoms. The summed E-state index contributed by atoms with van der Waals surface area (Å²) >= 11 is 0. The van der Waals surface area contributed by atoms with Crippen molar-refractivity contribution in [2.75, 3.05) is 20.1 Å². The van der Waals surface area contributed by atoms with Crippen LogP contribution < -0.4 is 10.6 Å². The summed E-state index contributed by atoms with van der Waals surface area (Å²) in [7, 11) is -2.17. The predicted molar refractivity (Wildman–Crippen MR) is 101 cm³/mol. The summed E-state index contributed by atoms with van der Waals surface area (Å²) < 4.78 is 31.7. The van der Waals surface area contributed by atoms with Crippen LogP contribution in [-0.4, -0.2) is 56.9 Å². The lowest BCUT2D eigenvalue weighted by Gasteiger charge is -2.25. The number of sulfonamides is 1. The molecule has 154 valence electrons. The van der Waals surface area contributed by atoms with Gasteiger partial charge in [0, 0.05) is 20.1 Å². The first-order valence-corrected chi connectivity index (χ1v) is 10.5. The third-order valence-electron chi connectivity index (χ3n) is 4.37. The molecular formula is C18H25N3O6S. The quantitative estimate of drug-likeness (QED) is 0.668. The number of urea groups is 1. The first kappa shape index (κ1) is 21.8. The number of rotatable bonds is 6. The smallest absolute Gasteiger partial charge is 0.321 e. The molecule has 1 fully saturated rings. The van der Waals surface area contributed by atoms with Gasteiger partial charge in [0.2, 0.25) is 10.0 Å². The van der Waals surface area contributed by atoms with Crippen molar-refractivity contribution in [1.29, 1.82) is 0 Å². The highest BCUT2D eigenvalue weighted by Crippen LogP contribution is 2.21. The third kappa shape index (κ3) is 5.77. The van der Waals surface area contributed by atoms with Crippen molar-refractivity contribution >= 4 is 27.9 Å². The van der Waals surface area contributed by atoms with Crippen LogP contribution in [-0.2, 0) is 30.8 Å². The van der Waals surface area contributed by atoms with Crippen LogP contribution in [0.5, 0.6) is 0 Å². The Morgan fingerprint density at radius 2 is 1.71 bits per heavy atom. The van der Waals surface area contributed by atoms with Gasteiger partial charge in [0.05, 0.1) is 11.3 Å². The highest BCUT2D eigenvalue weighted by atomic mass is 32.2. The van der Waals surface area contributed by atoms with Crippen molar-refractivity contribution < 1.29 is 27.5 Å². The summed E-state index contributed by atoms with van der Waals surface area (Å²) in [5, 5.41) is 4.24. The highest BCUT2D eigenvalue weighted by molar-refractivity contribution is 7.89. The number of esters is 1. The normalized spacial score (nSPS) is 16.1. The molecule has 0 aliphatic carbocycles. The summed E-state index contributed by atoms with van der Waals surface area (Å²) in [6.45, 7) is 2.39. The van der Waals surface area contributed by atoms with Crippen LogP contribution in [0.3, 0.4) is 0 Å². The molecule has 0 saturated carbocycles. The van der Waals surface area contributed by atoms with Crippen molar-refractivity contribution in [2.24, 2.45) is 0 Å². The van der Waals surface area contributed by atoms with E-state index in [0.29, 0.717) is 18.7 Å². The van der Waals surface area contributed by atoms with Crippen LogP contribution in [0, 0.1) is 0 Å². The number of nitrogens with one attached hydrogen (secondary N) is 2. The van der Waals surface area contributed by atoms with Gasteiger partial charge in [0.25, 0.3) is 5.91 Å². The minimum absolute atomic E-state index is 0.123. The Bertz CT molecular complexity index is 816.